The van der Waals surface area contributed by atoms with Gasteiger partial charge in [0.05, 0.1) is 22.8 Å². The lowest BCUT2D eigenvalue weighted by Crippen LogP contribution is -2.49. The van der Waals surface area contributed by atoms with Gasteiger partial charge in [-0.15, -0.1) is 0 Å². The zero-order chi connectivity index (χ0) is 22.6. The highest BCUT2D eigenvalue weighted by Gasteiger charge is 2.29. The molecule has 0 atom stereocenters. The van der Waals surface area contributed by atoms with Crippen molar-refractivity contribution in [3.8, 4) is 0 Å². The summed E-state index contributed by atoms with van der Waals surface area (Å²) < 4.78 is 63.7. The molecule has 0 aromatic heterocycles. The fourth-order valence-corrected chi connectivity index (χ4v) is 4.28. The summed E-state index contributed by atoms with van der Waals surface area (Å²) in [5.74, 6) is -1.02. The number of alkyl halides is 3. The molecule has 3 N–H and O–H groups in total. The fraction of sp³-hybridized carbons (Fsp3) is 0.263. The van der Waals surface area contributed by atoms with Crippen molar-refractivity contribution in [1.82, 2.24) is 9.62 Å². The number of anilines is 2. The van der Waals surface area contributed by atoms with Crippen molar-refractivity contribution in [2.75, 3.05) is 36.8 Å². The number of hydrogen-bond donors (Lipinski definition) is 3. The molecule has 2 aromatic carbocycles. The van der Waals surface area contributed by atoms with Crippen LogP contribution in [-0.4, -0.2) is 56.9 Å². The van der Waals surface area contributed by atoms with Crippen molar-refractivity contribution < 1.29 is 31.2 Å². The van der Waals surface area contributed by atoms with E-state index in [1.54, 1.807) is 6.07 Å². The number of amides is 2. The van der Waals surface area contributed by atoms with Crippen LogP contribution in [0.15, 0.2) is 53.4 Å². The Labute approximate surface area is 176 Å². The van der Waals surface area contributed by atoms with Gasteiger partial charge in [-0.05, 0) is 36.4 Å². The van der Waals surface area contributed by atoms with Crippen LogP contribution in [0.1, 0.15) is 10.4 Å². The lowest BCUT2D eigenvalue weighted by molar-refractivity contribution is -0.122. The first kappa shape index (κ1) is 22.6. The number of hydrogen-bond acceptors (Lipinski definition) is 5. The molecule has 8 nitrogen and oxygen atoms in total. The number of rotatable bonds is 6. The van der Waals surface area contributed by atoms with Gasteiger partial charge in [-0.1, -0.05) is 12.1 Å². The quantitative estimate of drug-likeness (QED) is 0.617. The smallest absolute Gasteiger partial charge is 0.375 e. The van der Waals surface area contributed by atoms with Gasteiger partial charge in [-0.2, -0.15) is 17.5 Å². The summed E-state index contributed by atoms with van der Waals surface area (Å²) in [5.41, 5.74) is 0.351. The van der Waals surface area contributed by atoms with E-state index in [9.17, 15) is 31.2 Å². The number of piperazine rings is 1. The molecular formula is C19H19F3N4O4S. The average Bonchev–Trinajstić information content (AvgIpc) is 2.72. The minimum atomic E-state index is -4.42. The molecule has 31 heavy (non-hydrogen) atoms. The number of nitrogens with zero attached hydrogens (tertiary/aromatic N) is 1. The Bertz CT molecular complexity index is 1070. The summed E-state index contributed by atoms with van der Waals surface area (Å²) in [5, 5.41) is 7.27. The van der Waals surface area contributed by atoms with E-state index in [2.05, 4.69) is 16.0 Å². The molecule has 12 heteroatoms. The number of nitrogens with one attached hydrogen (secondary N) is 3. The second kappa shape index (κ2) is 8.94. The van der Waals surface area contributed by atoms with Crippen LogP contribution in [0, 0.1) is 0 Å². The second-order valence-electron chi connectivity index (χ2n) is 6.68. The summed E-state index contributed by atoms with van der Waals surface area (Å²) in [6, 6.07) is 11.0. The Morgan fingerprint density at radius 1 is 1.06 bits per heavy atom. The van der Waals surface area contributed by atoms with Crippen molar-refractivity contribution in [1.29, 1.82) is 0 Å². The standard InChI is InChI=1S/C19H19F3N4O4S/c20-19(21,22)12-24-15-3-1-2-4-16(15)25-18(28)13-5-7-14(8-6-13)31(29,30)26-10-9-23-17(27)11-26/h1-8,24H,9-12H2,(H,23,27)(H,25,28). The lowest BCUT2D eigenvalue weighted by Gasteiger charge is -2.25. The maximum absolute atomic E-state index is 12.6. The second-order valence-corrected chi connectivity index (χ2v) is 8.62. The SMILES string of the molecule is O=C1CN(S(=O)(=O)c2ccc(C(=O)Nc3ccccc3NCC(F)(F)F)cc2)CCN1. The summed E-state index contributed by atoms with van der Waals surface area (Å²) in [6.07, 6.45) is -4.42. The highest BCUT2D eigenvalue weighted by atomic mass is 32.2. The van der Waals surface area contributed by atoms with E-state index >= 15 is 0 Å². The van der Waals surface area contributed by atoms with Crippen LogP contribution >= 0.6 is 0 Å². The Hall–Kier alpha value is -3.12. The van der Waals surface area contributed by atoms with Crippen molar-refractivity contribution in [3.05, 3.63) is 54.1 Å². The predicted molar refractivity (Wildman–Crippen MR) is 107 cm³/mol. The summed E-state index contributed by atoms with van der Waals surface area (Å²) >= 11 is 0. The molecule has 0 radical (unpaired) electrons. The number of carbonyl (C=O) groups excluding carboxylic acids is 2. The van der Waals surface area contributed by atoms with E-state index in [1.807, 2.05) is 0 Å². The Morgan fingerprint density at radius 3 is 2.32 bits per heavy atom. The van der Waals surface area contributed by atoms with Crippen molar-refractivity contribution in [3.63, 3.8) is 0 Å². The van der Waals surface area contributed by atoms with Crippen LogP contribution < -0.4 is 16.0 Å². The van der Waals surface area contributed by atoms with Gasteiger partial charge in [0.15, 0.2) is 0 Å². The average molecular weight is 456 g/mol. The normalized spacial score (nSPS) is 15.3. The van der Waals surface area contributed by atoms with Gasteiger partial charge in [0, 0.05) is 18.7 Å². The molecule has 0 saturated carbocycles. The molecular weight excluding hydrogens is 437 g/mol. The third-order valence-corrected chi connectivity index (χ3v) is 6.27. The van der Waals surface area contributed by atoms with Crippen LogP contribution in [0.5, 0.6) is 0 Å². The number of halogens is 3. The van der Waals surface area contributed by atoms with Crippen molar-refractivity contribution in [2.45, 2.75) is 11.1 Å². The van der Waals surface area contributed by atoms with Crippen molar-refractivity contribution >= 4 is 33.2 Å². The van der Waals surface area contributed by atoms with E-state index in [4.69, 9.17) is 0 Å². The summed E-state index contributed by atoms with van der Waals surface area (Å²) in [6.45, 7) is -1.20. The number of para-hydroxylation sites is 2. The summed E-state index contributed by atoms with van der Waals surface area (Å²) in [7, 11) is -3.90. The van der Waals surface area contributed by atoms with Crippen LogP contribution in [-0.2, 0) is 14.8 Å². The van der Waals surface area contributed by atoms with E-state index in [1.165, 1.54) is 42.5 Å². The third-order valence-electron chi connectivity index (χ3n) is 4.41. The van der Waals surface area contributed by atoms with Gasteiger partial charge >= 0.3 is 6.18 Å². The van der Waals surface area contributed by atoms with Gasteiger partial charge in [-0.25, -0.2) is 8.42 Å². The minimum absolute atomic E-state index is 0.0778. The van der Waals surface area contributed by atoms with Crippen LogP contribution in [0.25, 0.3) is 0 Å². The first-order valence-corrected chi connectivity index (χ1v) is 10.6. The molecule has 3 rings (SSSR count). The van der Waals surface area contributed by atoms with Gasteiger partial charge < -0.3 is 16.0 Å². The van der Waals surface area contributed by atoms with Gasteiger partial charge in [-0.3, -0.25) is 9.59 Å². The Kier molecular flexibility index (Phi) is 6.51. The molecule has 166 valence electrons. The molecule has 0 spiro atoms. The van der Waals surface area contributed by atoms with E-state index in [-0.39, 0.29) is 41.5 Å². The Balaban J connectivity index is 1.72. The molecule has 0 unspecified atom stereocenters. The molecule has 1 aliphatic rings. The van der Waals surface area contributed by atoms with E-state index in [0.717, 1.165) is 4.31 Å². The molecule has 1 aliphatic heterocycles. The van der Waals surface area contributed by atoms with Gasteiger partial charge in [0.25, 0.3) is 5.91 Å². The third kappa shape index (κ3) is 5.73. The van der Waals surface area contributed by atoms with Crippen LogP contribution in [0.4, 0.5) is 24.5 Å². The van der Waals surface area contributed by atoms with Gasteiger partial charge in [0.2, 0.25) is 15.9 Å². The van der Waals surface area contributed by atoms with E-state index < -0.39 is 34.6 Å². The highest BCUT2D eigenvalue weighted by Crippen LogP contribution is 2.24. The zero-order valence-electron chi connectivity index (χ0n) is 16.1. The lowest BCUT2D eigenvalue weighted by atomic mass is 10.2. The van der Waals surface area contributed by atoms with E-state index in [0.29, 0.717) is 0 Å². The molecule has 1 heterocycles. The zero-order valence-corrected chi connectivity index (χ0v) is 16.9. The number of sulfonamides is 1. The van der Waals surface area contributed by atoms with Crippen LogP contribution in [0.3, 0.4) is 0 Å². The topological polar surface area (TPSA) is 108 Å². The minimum Gasteiger partial charge on any atom is -0.375 e. The largest absolute Gasteiger partial charge is 0.405 e. The maximum atomic E-state index is 12.6. The summed E-state index contributed by atoms with van der Waals surface area (Å²) in [4.78, 5) is 23.9. The molecule has 2 aromatic rings. The highest BCUT2D eigenvalue weighted by molar-refractivity contribution is 7.89. The number of benzene rings is 2. The Morgan fingerprint density at radius 2 is 1.71 bits per heavy atom. The molecule has 1 fully saturated rings. The fourth-order valence-electron chi connectivity index (χ4n) is 2.88. The first-order chi connectivity index (χ1) is 14.6. The monoisotopic (exact) mass is 456 g/mol. The molecule has 1 saturated heterocycles. The molecule has 0 aliphatic carbocycles. The predicted octanol–water partition coefficient (Wildman–Crippen LogP) is 2.03. The molecule has 2 amide bonds. The van der Waals surface area contributed by atoms with Gasteiger partial charge in [0.1, 0.15) is 6.54 Å². The maximum Gasteiger partial charge on any atom is 0.405 e. The number of carbonyl (C=O) groups is 2. The van der Waals surface area contributed by atoms with Crippen LogP contribution in [0.2, 0.25) is 0 Å². The first-order valence-electron chi connectivity index (χ1n) is 9.14. The molecule has 0 bridgehead atoms. The van der Waals surface area contributed by atoms with Crippen molar-refractivity contribution in [2.24, 2.45) is 0 Å².